The summed E-state index contributed by atoms with van der Waals surface area (Å²) in [7, 11) is 3.90. The zero-order chi connectivity index (χ0) is 17.0. The Morgan fingerprint density at radius 3 is 2.46 bits per heavy atom. The van der Waals surface area contributed by atoms with Crippen LogP contribution in [0.2, 0.25) is 0 Å². The Labute approximate surface area is 139 Å². The Balaban J connectivity index is 2.12. The normalized spacial score (nSPS) is 13.0. The molecule has 4 rings (SSSR count). The van der Waals surface area contributed by atoms with E-state index < -0.39 is 0 Å². The van der Waals surface area contributed by atoms with Crippen molar-refractivity contribution in [1.29, 1.82) is 0 Å². The fourth-order valence-electron chi connectivity index (χ4n) is 3.33. The van der Waals surface area contributed by atoms with Gasteiger partial charge in [0.25, 0.3) is 0 Å². The summed E-state index contributed by atoms with van der Waals surface area (Å²) in [5, 5.41) is 1.80. The maximum absolute atomic E-state index is 13.0. The van der Waals surface area contributed by atoms with Crippen LogP contribution >= 0.6 is 0 Å². The third-order valence-corrected chi connectivity index (χ3v) is 4.58. The van der Waals surface area contributed by atoms with Crippen molar-refractivity contribution in [1.82, 2.24) is 4.98 Å². The molecule has 3 aromatic rings. The summed E-state index contributed by atoms with van der Waals surface area (Å²) in [5.74, 6) is -0.311. The average Bonchev–Trinajstić information content (AvgIpc) is 2.59. The highest BCUT2D eigenvalue weighted by Crippen LogP contribution is 2.35. The molecule has 1 heterocycles. The average molecular weight is 316 g/mol. The second-order valence-corrected chi connectivity index (χ2v) is 6.30. The summed E-state index contributed by atoms with van der Waals surface area (Å²) in [6.45, 7) is 1.97. The van der Waals surface area contributed by atoms with E-state index >= 15 is 0 Å². The minimum Gasteiger partial charge on any atom is -0.378 e. The van der Waals surface area contributed by atoms with Gasteiger partial charge in [-0.3, -0.25) is 14.6 Å². The van der Waals surface area contributed by atoms with E-state index in [1.807, 2.05) is 50.2 Å². The van der Waals surface area contributed by atoms with Gasteiger partial charge >= 0.3 is 0 Å². The van der Waals surface area contributed by atoms with Gasteiger partial charge in [0.05, 0.1) is 5.56 Å². The Hall–Kier alpha value is -3.01. The standard InChI is InChI=1S/C20H16N2O2/c1-11-9-16-17(15-10-12(22(2)3)6-7-13(11)15)20(24)18-14(19(16)23)5-4-8-21-18/h4-10H,1-3H3. The molecule has 118 valence electrons. The smallest absolute Gasteiger partial charge is 0.213 e. The van der Waals surface area contributed by atoms with Crippen LogP contribution in [0.15, 0.2) is 42.6 Å². The molecular weight excluding hydrogens is 300 g/mol. The van der Waals surface area contributed by atoms with Gasteiger partial charge in [-0.25, -0.2) is 0 Å². The number of carbonyl (C=O) groups is 2. The summed E-state index contributed by atoms with van der Waals surface area (Å²) >= 11 is 0. The largest absolute Gasteiger partial charge is 0.378 e. The van der Waals surface area contributed by atoms with Crippen LogP contribution in [0.25, 0.3) is 10.8 Å². The van der Waals surface area contributed by atoms with Crippen molar-refractivity contribution >= 4 is 28.0 Å². The number of fused-ring (bicyclic) bond motifs is 4. The number of hydrogen-bond donors (Lipinski definition) is 0. The van der Waals surface area contributed by atoms with Crippen LogP contribution in [0, 0.1) is 6.92 Å². The van der Waals surface area contributed by atoms with Gasteiger partial charge in [-0.1, -0.05) is 6.07 Å². The highest BCUT2D eigenvalue weighted by atomic mass is 16.1. The molecule has 0 fully saturated rings. The number of carbonyl (C=O) groups excluding carboxylic acids is 2. The summed E-state index contributed by atoms with van der Waals surface area (Å²) < 4.78 is 0. The number of aryl methyl sites for hydroxylation is 1. The highest BCUT2D eigenvalue weighted by molar-refractivity contribution is 6.31. The predicted molar refractivity (Wildman–Crippen MR) is 94.1 cm³/mol. The summed E-state index contributed by atoms with van der Waals surface area (Å²) in [5.41, 5.74) is 3.55. The lowest BCUT2D eigenvalue weighted by molar-refractivity contribution is 0.0976. The number of benzene rings is 2. The quantitative estimate of drug-likeness (QED) is 0.540. The number of ketones is 2. The second kappa shape index (κ2) is 4.99. The molecule has 1 aliphatic carbocycles. The molecule has 24 heavy (non-hydrogen) atoms. The molecule has 0 amide bonds. The Kier molecular flexibility index (Phi) is 3.03. The molecule has 0 unspecified atom stereocenters. The van der Waals surface area contributed by atoms with Gasteiger partial charge in [0.15, 0.2) is 5.78 Å². The van der Waals surface area contributed by atoms with E-state index in [9.17, 15) is 9.59 Å². The lowest BCUT2D eigenvalue weighted by Crippen LogP contribution is -2.23. The maximum atomic E-state index is 13.0. The van der Waals surface area contributed by atoms with Crippen molar-refractivity contribution in [3.63, 3.8) is 0 Å². The van der Waals surface area contributed by atoms with Crippen LogP contribution in [0.1, 0.15) is 37.5 Å². The van der Waals surface area contributed by atoms with Gasteiger partial charge in [-0.05, 0) is 53.6 Å². The maximum Gasteiger partial charge on any atom is 0.213 e. The van der Waals surface area contributed by atoms with Crippen LogP contribution in [0.5, 0.6) is 0 Å². The van der Waals surface area contributed by atoms with Gasteiger partial charge in [0.2, 0.25) is 5.78 Å². The molecule has 1 aromatic heterocycles. The molecule has 0 radical (unpaired) electrons. The van der Waals surface area contributed by atoms with Gasteiger partial charge in [-0.2, -0.15) is 0 Å². The number of anilines is 1. The number of aromatic nitrogens is 1. The fraction of sp³-hybridized carbons (Fsp3) is 0.150. The molecule has 0 N–H and O–H groups in total. The van der Waals surface area contributed by atoms with Crippen LogP contribution in [-0.4, -0.2) is 30.6 Å². The summed E-state index contributed by atoms with van der Waals surface area (Å²) in [4.78, 5) is 32.0. The summed E-state index contributed by atoms with van der Waals surface area (Å²) in [6, 6.07) is 11.2. The monoisotopic (exact) mass is 316 g/mol. The fourth-order valence-corrected chi connectivity index (χ4v) is 3.33. The molecule has 0 atom stereocenters. The van der Waals surface area contributed by atoms with Crippen molar-refractivity contribution in [2.24, 2.45) is 0 Å². The summed E-state index contributed by atoms with van der Waals surface area (Å²) in [6.07, 6.45) is 1.55. The van der Waals surface area contributed by atoms with Crippen LogP contribution in [-0.2, 0) is 0 Å². The highest BCUT2D eigenvalue weighted by Gasteiger charge is 2.32. The van der Waals surface area contributed by atoms with E-state index in [0.29, 0.717) is 16.7 Å². The van der Waals surface area contributed by atoms with E-state index in [0.717, 1.165) is 22.0 Å². The number of pyridine rings is 1. The molecule has 4 heteroatoms. The van der Waals surface area contributed by atoms with E-state index in [4.69, 9.17) is 0 Å². The molecule has 0 bridgehead atoms. The van der Waals surface area contributed by atoms with E-state index in [2.05, 4.69) is 4.98 Å². The third kappa shape index (κ3) is 1.89. The first-order chi connectivity index (χ1) is 11.5. The number of rotatable bonds is 1. The minimum atomic E-state index is -0.180. The van der Waals surface area contributed by atoms with Crippen molar-refractivity contribution in [3.8, 4) is 0 Å². The SMILES string of the molecule is Cc1cc2c(c3cc(N(C)C)ccc13)C(=O)c1ncccc1C2=O. The van der Waals surface area contributed by atoms with E-state index in [-0.39, 0.29) is 17.3 Å². The number of hydrogen-bond acceptors (Lipinski definition) is 4. The lowest BCUT2D eigenvalue weighted by atomic mass is 9.82. The van der Waals surface area contributed by atoms with Gasteiger partial charge < -0.3 is 4.90 Å². The first kappa shape index (κ1) is 14.6. The first-order valence-electron chi connectivity index (χ1n) is 7.78. The Morgan fingerprint density at radius 1 is 0.917 bits per heavy atom. The Bertz CT molecular complexity index is 1040. The zero-order valence-electron chi connectivity index (χ0n) is 13.8. The minimum absolute atomic E-state index is 0.132. The van der Waals surface area contributed by atoms with Crippen LogP contribution in [0.4, 0.5) is 5.69 Å². The molecule has 0 spiro atoms. The molecule has 2 aromatic carbocycles. The van der Waals surface area contributed by atoms with E-state index in [1.165, 1.54) is 0 Å². The molecule has 0 saturated heterocycles. The molecule has 4 nitrogen and oxygen atoms in total. The topological polar surface area (TPSA) is 50.3 Å². The van der Waals surface area contributed by atoms with Gasteiger partial charge in [-0.15, -0.1) is 0 Å². The van der Waals surface area contributed by atoms with E-state index in [1.54, 1.807) is 18.3 Å². The lowest BCUT2D eigenvalue weighted by Gasteiger charge is -2.21. The van der Waals surface area contributed by atoms with Crippen molar-refractivity contribution in [3.05, 3.63) is 70.5 Å². The zero-order valence-corrected chi connectivity index (χ0v) is 13.8. The predicted octanol–water partition coefficient (Wildman–Crippen LogP) is 3.38. The van der Waals surface area contributed by atoms with Crippen molar-refractivity contribution in [2.75, 3.05) is 19.0 Å². The first-order valence-corrected chi connectivity index (χ1v) is 7.78. The number of nitrogens with zero attached hydrogens (tertiary/aromatic N) is 2. The molecule has 0 aliphatic heterocycles. The Morgan fingerprint density at radius 2 is 1.71 bits per heavy atom. The third-order valence-electron chi connectivity index (χ3n) is 4.58. The molecular formula is C20H16N2O2. The van der Waals surface area contributed by atoms with Crippen LogP contribution < -0.4 is 4.90 Å². The second-order valence-electron chi connectivity index (χ2n) is 6.30. The van der Waals surface area contributed by atoms with Crippen molar-refractivity contribution in [2.45, 2.75) is 6.92 Å². The van der Waals surface area contributed by atoms with Gasteiger partial charge in [0, 0.05) is 37.1 Å². The van der Waals surface area contributed by atoms with Gasteiger partial charge in [0.1, 0.15) is 5.69 Å². The van der Waals surface area contributed by atoms with Crippen molar-refractivity contribution < 1.29 is 9.59 Å². The molecule has 0 saturated carbocycles. The molecule has 1 aliphatic rings. The van der Waals surface area contributed by atoms with Crippen LogP contribution in [0.3, 0.4) is 0 Å².